The monoisotopic (exact) mass is 495 g/mol. The highest BCUT2D eigenvalue weighted by molar-refractivity contribution is 7.45. The standard InChI is InChI=1S/C24H50NO7P/c1-6-7-8-9-10-11-12-13-14-15-16-17-19-29-21-24(32-23(2)26)22-31-33(27,28)30-20-18-25(3,4)5/h24H,6-22H2,1-5H3/t24-/m0/s1. The molecular formula is C24H50NO7P. The van der Waals surface area contributed by atoms with Crippen molar-refractivity contribution in [1.82, 2.24) is 0 Å². The zero-order valence-electron chi connectivity index (χ0n) is 21.9. The molecule has 0 aliphatic heterocycles. The van der Waals surface area contributed by atoms with E-state index in [0.29, 0.717) is 17.6 Å². The lowest BCUT2D eigenvalue weighted by Gasteiger charge is -2.28. The van der Waals surface area contributed by atoms with E-state index in [2.05, 4.69) is 6.92 Å². The van der Waals surface area contributed by atoms with E-state index >= 15 is 0 Å². The second-order valence-electron chi connectivity index (χ2n) is 9.79. The highest BCUT2D eigenvalue weighted by Crippen LogP contribution is 2.38. The van der Waals surface area contributed by atoms with Gasteiger partial charge < -0.3 is 27.9 Å². The molecular weight excluding hydrogens is 445 g/mol. The molecule has 0 heterocycles. The zero-order chi connectivity index (χ0) is 25.0. The van der Waals surface area contributed by atoms with Gasteiger partial charge in [-0.05, 0) is 6.42 Å². The molecule has 33 heavy (non-hydrogen) atoms. The number of hydrogen-bond acceptors (Lipinski definition) is 7. The average molecular weight is 496 g/mol. The number of nitrogens with zero attached hydrogens (tertiary/aromatic N) is 1. The van der Waals surface area contributed by atoms with Crippen LogP contribution in [0.2, 0.25) is 0 Å². The molecule has 0 rings (SSSR count). The normalized spacial score (nSPS) is 14.7. The first kappa shape index (κ1) is 32.5. The number of rotatable bonds is 23. The van der Waals surface area contributed by atoms with Crippen LogP contribution >= 0.6 is 7.82 Å². The molecule has 0 saturated heterocycles. The highest BCUT2D eigenvalue weighted by atomic mass is 31.2. The summed E-state index contributed by atoms with van der Waals surface area (Å²) in [5, 5.41) is 0. The van der Waals surface area contributed by atoms with Crippen LogP contribution in [0.4, 0.5) is 0 Å². The SMILES string of the molecule is CCCCCCCCCCCCCCOC[C@@H](COP(=O)([O-])OCC[N+](C)(C)C)OC(C)=O. The number of phosphoric ester groups is 1. The lowest BCUT2D eigenvalue weighted by molar-refractivity contribution is -0.870. The number of ether oxygens (including phenoxy) is 2. The Hall–Kier alpha value is -0.500. The van der Waals surface area contributed by atoms with Gasteiger partial charge in [-0.2, -0.15) is 0 Å². The molecule has 0 aliphatic carbocycles. The van der Waals surface area contributed by atoms with Crippen molar-refractivity contribution in [3.63, 3.8) is 0 Å². The maximum atomic E-state index is 11.9. The summed E-state index contributed by atoms with van der Waals surface area (Å²) in [7, 11) is 1.35. The van der Waals surface area contributed by atoms with Gasteiger partial charge in [0.05, 0.1) is 34.4 Å². The molecule has 0 aromatic rings. The van der Waals surface area contributed by atoms with Crippen molar-refractivity contribution in [1.29, 1.82) is 0 Å². The third-order valence-corrected chi connectivity index (χ3v) is 6.17. The van der Waals surface area contributed by atoms with Crippen molar-refractivity contribution in [2.45, 2.75) is 97.0 Å². The fraction of sp³-hybridized carbons (Fsp3) is 0.958. The van der Waals surface area contributed by atoms with Crippen molar-refractivity contribution < 1.29 is 37.3 Å². The summed E-state index contributed by atoms with van der Waals surface area (Å²) in [6.07, 6.45) is 14.5. The summed E-state index contributed by atoms with van der Waals surface area (Å²) in [6, 6.07) is 0. The lowest BCUT2D eigenvalue weighted by atomic mass is 10.1. The number of carbonyl (C=O) groups is 1. The second-order valence-corrected chi connectivity index (χ2v) is 11.2. The van der Waals surface area contributed by atoms with Gasteiger partial charge in [0, 0.05) is 13.5 Å². The summed E-state index contributed by atoms with van der Waals surface area (Å²) in [6.45, 7) is 4.39. The Balaban J connectivity index is 3.85. The lowest BCUT2D eigenvalue weighted by Crippen LogP contribution is -2.37. The highest BCUT2D eigenvalue weighted by Gasteiger charge is 2.19. The topological polar surface area (TPSA) is 94.1 Å². The summed E-state index contributed by atoms with van der Waals surface area (Å²) in [4.78, 5) is 23.2. The van der Waals surface area contributed by atoms with Gasteiger partial charge in [-0.25, -0.2) is 0 Å². The van der Waals surface area contributed by atoms with E-state index in [1.165, 1.54) is 71.1 Å². The Kier molecular flexibility index (Phi) is 19.5. The molecule has 198 valence electrons. The summed E-state index contributed by atoms with van der Waals surface area (Å²) in [5.41, 5.74) is 0. The molecule has 9 heteroatoms. The van der Waals surface area contributed by atoms with Crippen LogP contribution in [0.15, 0.2) is 0 Å². The van der Waals surface area contributed by atoms with Crippen molar-refractivity contribution in [3.05, 3.63) is 0 Å². The molecule has 0 spiro atoms. The molecule has 0 aromatic heterocycles. The third-order valence-electron chi connectivity index (χ3n) is 5.21. The van der Waals surface area contributed by atoms with E-state index in [9.17, 15) is 14.3 Å². The van der Waals surface area contributed by atoms with Crippen LogP contribution in [0.25, 0.3) is 0 Å². The van der Waals surface area contributed by atoms with E-state index < -0.39 is 19.9 Å². The van der Waals surface area contributed by atoms with Gasteiger partial charge in [0.25, 0.3) is 7.82 Å². The predicted octanol–water partition coefficient (Wildman–Crippen LogP) is 4.84. The van der Waals surface area contributed by atoms with Gasteiger partial charge in [-0.3, -0.25) is 9.36 Å². The fourth-order valence-electron chi connectivity index (χ4n) is 3.25. The zero-order valence-corrected chi connectivity index (χ0v) is 22.7. The van der Waals surface area contributed by atoms with Gasteiger partial charge in [-0.1, -0.05) is 77.6 Å². The molecule has 0 aliphatic rings. The number of likely N-dealkylation sites (N-methyl/N-ethyl adjacent to an activating group) is 1. The Morgan fingerprint density at radius 1 is 0.818 bits per heavy atom. The molecule has 0 radical (unpaired) electrons. The Labute approximate surface area is 202 Å². The predicted molar refractivity (Wildman–Crippen MR) is 130 cm³/mol. The minimum atomic E-state index is -4.46. The van der Waals surface area contributed by atoms with Crippen LogP contribution in [0.1, 0.15) is 90.9 Å². The third kappa shape index (κ3) is 24.4. The van der Waals surface area contributed by atoms with Crippen molar-refractivity contribution >= 4 is 13.8 Å². The smallest absolute Gasteiger partial charge is 0.303 e. The van der Waals surface area contributed by atoms with Crippen LogP contribution in [0.5, 0.6) is 0 Å². The first-order valence-electron chi connectivity index (χ1n) is 12.7. The van der Waals surface area contributed by atoms with Crippen LogP contribution in [0, 0.1) is 0 Å². The average Bonchev–Trinajstić information content (AvgIpc) is 2.70. The van der Waals surface area contributed by atoms with Crippen LogP contribution in [-0.2, 0) is 27.9 Å². The van der Waals surface area contributed by atoms with Gasteiger partial charge in [0.15, 0.2) is 0 Å². The number of esters is 1. The Morgan fingerprint density at radius 2 is 1.33 bits per heavy atom. The van der Waals surface area contributed by atoms with Crippen molar-refractivity contribution in [3.8, 4) is 0 Å². The van der Waals surface area contributed by atoms with Gasteiger partial charge >= 0.3 is 5.97 Å². The van der Waals surface area contributed by atoms with Crippen molar-refractivity contribution in [2.24, 2.45) is 0 Å². The number of hydrogen-bond donors (Lipinski definition) is 0. The van der Waals surface area contributed by atoms with Gasteiger partial charge in [0.1, 0.15) is 19.3 Å². The Morgan fingerprint density at radius 3 is 1.82 bits per heavy atom. The van der Waals surface area contributed by atoms with Crippen molar-refractivity contribution in [2.75, 3.05) is 54.1 Å². The summed E-state index contributed by atoms with van der Waals surface area (Å²) < 4.78 is 32.9. The number of carbonyl (C=O) groups excluding carboxylic acids is 1. The molecule has 0 aromatic carbocycles. The van der Waals surface area contributed by atoms with E-state index in [1.807, 2.05) is 21.1 Å². The molecule has 0 saturated carbocycles. The Bertz CT molecular complexity index is 525. The quantitative estimate of drug-likeness (QED) is 0.0866. The first-order chi connectivity index (χ1) is 15.6. The molecule has 0 N–H and O–H groups in total. The van der Waals surface area contributed by atoms with E-state index in [0.717, 1.165) is 12.8 Å². The number of phosphoric acid groups is 1. The van der Waals surface area contributed by atoms with Crippen LogP contribution in [0.3, 0.4) is 0 Å². The molecule has 0 fully saturated rings. The largest absolute Gasteiger partial charge is 0.756 e. The van der Waals surface area contributed by atoms with E-state index in [4.69, 9.17) is 18.5 Å². The van der Waals surface area contributed by atoms with Gasteiger partial charge in [-0.15, -0.1) is 0 Å². The van der Waals surface area contributed by atoms with Crippen LogP contribution in [-0.4, -0.2) is 70.7 Å². The summed E-state index contributed by atoms with van der Waals surface area (Å²) >= 11 is 0. The molecule has 8 nitrogen and oxygen atoms in total. The molecule has 2 atom stereocenters. The maximum absolute atomic E-state index is 11.9. The minimum Gasteiger partial charge on any atom is -0.756 e. The second kappa shape index (κ2) is 19.8. The molecule has 0 amide bonds. The number of quaternary nitrogens is 1. The molecule has 1 unspecified atom stereocenters. The number of unbranched alkanes of at least 4 members (excludes halogenated alkanes) is 11. The fourth-order valence-corrected chi connectivity index (χ4v) is 3.98. The minimum absolute atomic E-state index is 0.0258. The maximum Gasteiger partial charge on any atom is 0.303 e. The van der Waals surface area contributed by atoms with E-state index in [1.54, 1.807) is 0 Å². The van der Waals surface area contributed by atoms with E-state index in [-0.39, 0.29) is 19.8 Å². The summed E-state index contributed by atoms with van der Waals surface area (Å²) in [5.74, 6) is -0.510. The molecule has 0 bridgehead atoms. The van der Waals surface area contributed by atoms with Gasteiger partial charge in [0.2, 0.25) is 0 Å². The van der Waals surface area contributed by atoms with Crippen LogP contribution < -0.4 is 4.89 Å². The first-order valence-corrected chi connectivity index (χ1v) is 14.2.